The van der Waals surface area contributed by atoms with Gasteiger partial charge < -0.3 is 19.3 Å². The Morgan fingerprint density at radius 1 is 0.857 bits per heavy atom. The van der Waals surface area contributed by atoms with Crippen LogP contribution in [0.1, 0.15) is 22.8 Å². The monoisotopic (exact) mass is 476 g/mol. The molecule has 6 nitrogen and oxygen atoms in total. The molecule has 1 aliphatic rings. The Morgan fingerprint density at radius 3 is 2.09 bits per heavy atom. The summed E-state index contributed by atoms with van der Waals surface area (Å²) in [6.07, 6.45) is -0.0971. The van der Waals surface area contributed by atoms with E-state index in [1.165, 1.54) is 12.1 Å². The number of amides is 2. The average molecular weight is 477 g/mol. The van der Waals surface area contributed by atoms with Gasteiger partial charge in [0, 0.05) is 32.6 Å². The molecule has 1 fully saturated rings. The molecule has 182 valence electrons. The van der Waals surface area contributed by atoms with Gasteiger partial charge in [0.05, 0.1) is 12.2 Å². The highest BCUT2D eigenvalue weighted by molar-refractivity contribution is 5.94. The predicted octanol–water partition coefficient (Wildman–Crippen LogP) is 4.20. The second-order valence-corrected chi connectivity index (χ2v) is 8.42. The third-order valence-corrected chi connectivity index (χ3v) is 5.95. The molecule has 0 radical (unpaired) electrons. The Balaban J connectivity index is 1.27. The molecule has 0 spiro atoms. The Labute approximate surface area is 204 Å². The van der Waals surface area contributed by atoms with Gasteiger partial charge in [-0.05, 0) is 48.9 Å². The van der Waals surface area contributed by atoms with Crippen molar-refractivity contribution < 1.29 is 23.5 Å². The summed E-state index contributed by atoms with van der Waals surface area (Å²) >= 11 is 0. The number of nitrogens with zero attached hydrogens (tertiary/aromatic N) is 2. The van der Waals surface area contributed by atoms with E-state index in [4.69, 9.17) is 9.47 Å². The fourth-order valence-corrected chi connectivity index (χ4v) is 4.00. The van der Waals surface area contributed by atoms with E-state index in [0.29, 0.717) is 45.0 Å². The van der Waals surface area contributed by atoms with Crippen molar-refractivity contribution in [1.82, 2.24) is 9.80 Å². The number of carbonyl (C=O) groups is 2. The highest BCUT2D eigenvalue weighted by atomic mass is 19.1. The van der Waals surface area contributed by atoms with Gasteiger partial charge >= 0.3 is 0 Å². The molecule has 1 heterocycles. The highest BCUT2D eigenvalue weighted by Gasteiger charge is 2.29. The van der Waals surface area contributed by atoms with Crippen LogP contribution >= 0.6 is 0 Å². The number of carbonyl (C=O) groups excluding carboxylic acids is 2. The van der Waals surface area contributed by atoms with Gasteiger partial charge in [-0.3, -0.25) is 9.59 Å². The third-order valence-electron chi connectivity index (χ3n) is 5.95. The maximum atomic E-state index is 14.8. The van der Waals surface area contributed by atoms with Crippen LogP contribution in [-0.2, 0) is 11.2 Å². The smallest absolute Gasteiger partial charge is 0.263 e. The average Bonchev–Trinajstić information content (AvgIpc) is 2.89. The molecular weight excluding hydrogens is 447 g/mol. The summed E-state index contributed by atoms with van der Waals surface area (Å²) in [6.45, 7) is 3.57. The van der Waals surface area contributed by atoms with E-state index in [1.54, 1.807) is 34.9 Å². The maximum Gasteiger partial charge on any atom is 0.263 e. The van der Waals surface area contributed by atoms with Gasteiger partial charge in [-0.1, -0.05) is 42.5 Å². The first-order chi connectivity index (χ1) is 17.0. The summed E-state index contributed by atoms with van der Waals surface area (Å²) in [5.41, 5.74) is 0.802. The summed E-state index contributed by atoms with van der Waals surface area (Å²) in [6, 6.07) is 23.3. The van der Waals surface area contributed by atoms with E-state index < -0.39 is 11.9 Å². The topological polar surface area (TPSA) is 59.1 Å². The van der Waals surface area contributed by atoms with E-state index in [1.807, 2.05) is 48.5 Å². The Morgan fingerprint density at radius 2 is 1.46 bits per heavy atom. The molecule has 0 saturated carbocycles. The number of para-hydroxylation sites is 2. The van der Waals surface area contributed by atoms with Gasteiger partial charge in [-0.2, -0.15) is 0 Å². The van der Waals surface area contributed by atoms with E-state index >= 15 is 0 Å². The van der Waals surface area contributed by atoms with Gasteiger partial charge in [0.1, 0.15) is 17.3 Å². The molecule has 0 bridgehead atoms. The first kappa shape index (κ1) is 24.3. The van der Waals surface area contributed by atoms with Crippen LogP contribution in [0.25, 0.3) is 0 Å². The first-order valence-corrected chi connectivity index (χ1v) is 11.8. The van der Waals surface area contributed by atoms with Crippen molar-refractivity contribution in [3.8, 4) is 11.5 Å². The van der Waals surface area contributed by atoms with Crippen LogP contribution in [-0.4, -0.2) is 60.5 Å². The third kappa shape index (κ3) is 6.38. The van der Waals surface area contributed by atoms with Crippen LogP contribution in [0.5, 0.6) is 11.5 Å². The van der Waals surface area contributed by atoms with Gasteiger partial charge in [-0.15, -0.1) is 0 Å². The maximum absolute atomic E-state index is 14.8. The van der Waals surface area contributed by atoms with E-state index in [0.717, 1.165) is 11.3 Å². The highest BCUT2D eigenvalue weighted by Crippen LogP contribution is 2.17. The van der Waals surface area contributed by atoms with Crippen LogP contribution in [0.2, 0.25) is 0 Å². The van der Waals surface area contributed by atoms with Gasteiger partial charge in [0.2, 0.25) is 0 Å². The minimum atomic E-state index is -0.629. The lowest BCUT2D eigenvalue weighted by atomic mass is 10.1. The largest absolute Gasteiger partial charge is 0.493 e. The lowest BCUT2D eigenvalue weighted by Gasteiger charge is -2.36. The van der Waals surface area contributed by atoms with Crippen LogP contribution in [0.4, 0.5) is 4.39 Å². The Hall–Kier alpha value is -3.87. The summed E-state index contributed by atoms with van der Waals surface area (Å²) in [5.74, 6) is 0.353. The molecule has 4 rings (SSSR count). The lowest BCUT2D eigenvalue weighted by Crippen LogP contribution is -2.53. The zero-order valence-corrected chi connectivity index (χ0v) is 19.7. The van der Waals surface area contributed by atoms with Crippen molar-refractivity contribution in [2.24, 2.45) is 0 Å². The van der Waals surface area contributed by atoms with Crippen molar-refractivity contribution in [2.75, 3.05) is 32.8 Å². The number of benzene rings is 3. The fraction of sp³-hybridized carbons (Fsp3) is 0.286. The minimum absolute atomic E-state index is 0.0401. The standard InChI is InChI=1S/C28H29FN2O4/c1-21(35-24-10-6-3-7-11-24)27(32)30-15-17-31(18-16-30)28(33)25-13-12-22(20-26(25)29)14-19-34-23-8-4-2-5-9-23/h2-13,20-21H,14-19H2,1H3. The fourth-order valence-electron chi connectivity index (χ4n) is 4.00. The Bertz CT molecular complexity index is 1130. The molecule has 7 heteroatoms. The van der Waals surface area contributed by atoms with Crippen LogP contribution < -0.4 is 9.47 Å². The van der Waals surface area contributed by atoms with Crippen LogP contribution in [0, 0.1) is 5.82 Å². The summed E-state index contributed by atoms with van der Waals surface area (Å²) < 4.78 is 26.1. The number of ether oxygens (including phenoxy) is 2. The predicted molar refractivity (Wildman–Crippen MR) is 131 cm³/mol. The molecule has 0 N–H and O–H groups in total. The van der Waals surface area contributed by atoms with Crippen molar-refractivity contribution in [1.29, 1.82) is 0 Å². The molecule has 1 saturated heterocycles. The van der Waals surface area contributed by atoms with Crippen LogP contribution in [0.3, 0.4) is 0 Å². The summed E-state index contributed by atoms with van der Waals surface area (Å²) in [5, 5.41) is 0. The number of hydrogen-bond acceptors (Lipinski definition) is 4. The molecular formula is C28H29FN2O4. The molecule has 35 heavy (non-hydrogen) atoms. The van der Waals surface area contributed by atoms with Gasteiger partial charge in [-0.25, -0.2) is 4.39 Å². The lowest BCUT2D eigenvalue weighted by molar-refractivity contribution is -0.139. The quantitative estimate of drug-likeness (QED) is 0.489. The molecule has 0 aliphatic carbocycles. The van der Waals surface area contributed by atoms with Crippen molar-refractivity contribution in [3.05, 3.63) is 95.8 Å². The zero-order valence-electron chi connectivity index (χ0n) is 19.7. The second kappa shape index (κ2) is 11.5. The summed E-state index contributed by atoms with van der Waals surface area (Å²) in [4.78, 5) is 28.9. The molecule has 3 aromatic carbocycles. The molecule has 1 unspecified atom stereocenters. The number of rotatable bonds is 8. The van der Waals surface area contributed by atoms with E-state index in [2.05, 4.69) is 0 Å². The SMILES string of the molecule is CC(Oc1ccccc1)C(=O)N1CCN(C(=O)c2ccc(CCOc3ccccc3)cc2F)CC1. The van der Waals surface area contributed by atoms with E-state index in [9.17, 15) is 14.0 Å². The first-order valence-electron chi connectivity index (χ1n) is 11.8. The molecule has 0 aromatic heterocycles. The zero-order chi connectivity index (χ0) is 24.6. The van der Waals surface area contributed by atoms with Gasteiger partial charge in [0.25, 0.3) is 11.8 Å². The molecule has 1 aliphatic heterocycles. The molecule has 1 atom stereocenters. The van der Waals surface area contributed by atoms with Crippen molar-refractivity contribution in [2.45, 2.75) is 19.4 Å². The molecule has 2 amide bonds. The number of halogens is 1. The number of hydrogen-bond donors (Lipinski definition) is 0. The van der Waals surface area contributed by atoms with Gasteiger partial charge in [0.15, 0.2) is 6.10 Å². The Kier molecular flexibility index (Phi) is 7.98. The van der Waals surface area contributed by atoms with Crippen molar-refractivity contribution >= 4 is 11.8 Å². The number of piperazine rings is 1. The minimum Gasteiger partial charge on any atom is -0.493 e. The second-order valence-electron chi connectivity index (χ2n) is 8.42. The summed E-state index contributed by atoms with van der Waals surface area (Å²) in [7, 11) is 0. The normalized spacial score (nSPS) is 14.3. The van der Waals surface area contributed by atoms with Crippen molar-refractivity contribution in [3.63, 3.8) is 0 Å². The van der Waals surface area contributed by atoms with E-state index in [-0.39, 0.29) is 17.4 Å². The molecule has 3 aromatic rings. The van der Waals surface area contributed by atoms with Crippen LogP contribution in [0.15, 0.2) is 78.9 Å².